The first kappa shape index (κ1) is 33.2. The van der Waals surface area contributed by atoms with Crippen LogP contribution in [0.2, 0.25) is 0 Å². The number of amides is 3. The molecule has 7 aliphatic rings. The molecule has 12 atom stereocenters. The predicted octanol–water partition coefficient (Wildman–Crippen LogP) is 7.67. The van der Waals surface area contributed by atoms with Crippen molar-refractivity contribution in [3.05, 3.63) is 0 Å². The summed E-state index contributed by atoms with van der Waals surface area (Å²) in [7, 11) is 0. The van der Waals surface area contributed by atoms with Gasteiger partial charge in [-0.2, -0.15) is 0 Å². The molecule has 260 valence electrons. The maximum atomic E-state index is 13.8. The van der Waals surface area contributed by atoms with Crippen molar-refractivity contribution in [2.45, 2.75) is 161 Å². The van der Waals surface area contributed by atoms with Gasteiger partial charge in [0.2, 0.25) is 5.91 Å². The smallest absolute Gasteiger partial charge is 0.317 e. The van der Waals surface area contributed by atoms with Crippen LogP contribution in [0, 0.1) is 52.3 Å². The standard InChI is InChI=1S/C39H65N3O4/c1-6-34(43)40-20-21-42(29-10-8-7-9-11-29)36(44)41-28-15-17-37(4)27(22-28)12-13-30-31(37)16-18-38(5)32(30)23-33-35(38)26(3)39(46-33)19-14-25(2)24-45-39/h25-33,35H,6-24H2,1-5H3,(H,40,43)(H,41,44)/t25-,26-,27+,28+,30+,31-,32-,33-,35-,37-,38-,39+/m0/s1. The fraction of sp³-hybridized carbons (Fsp3) is 0.949. The van der Waals surface area contributed by atoms with Crippen molar-refractivity contribution in [3.8, 4) is 0 Å². The Morgan fingerprint density at radius 1 is 0.870 bits per heavy atom. The highest BCUT2D eigenvalue weighted by Crippen LogP contribution is 2.71. The summed E-state index contributed by atoms with van der Waals surface area (Å²) in [6, 6.07) is 0.671. The van der Waals surface area contributed by atoms with Crippen molar-refractivity contribution in [2.24, 2.45) is 52.3 Å². The normalized spacial score (nSPS) is 46.9. The second-order valence-electron chi connectivity index (χ2n) is 17.8. The largest absolute Gasteiger partial charge is 0.354 e. The molecule has 7 nitrogen and oxygen atoms in total. The van der Waals surface area contributed by atoms with Gasteiger partial charge in [-0.25, -0.2) is 4.79 Å². The number of nitrogens with one attached hydrogen (secondary N) is 2. The quantitative estimate of drug-likeness (QED) is 0.313. The molecule has 2 aliphatic heterocycles. The van der Waals surface area contributed by atoms with Gasteiger partial charge in [0.1, 0.15) is 0 Å². The van der Waals surface area contributed by atoms with Crippen molar-refractivity contribution in [3.63, 3.8) is 0 Å². The van der Waals surface area contributed by atoms with Crippen LogP contribution in [0.15, 0.2) is 0 Å². The van der Waals surface area contributed by atoms with E-state index in [-0.39, 0.29) is 23.8 Å². The highest BCUT2D eigenvalue weighted by Gasteiger charge is 2.69. The molecule has 46 heavy (non-hydrogen) atoms. The first-order valence-electron chi connectivity index (χ1n) is 19.7. The zero-order chi connectivity index (χ0) is 32.3. The molecule has 3 amide bonds. The Kier molecular flexibility index (Phi) is 9.26. The van der Waals surface area contributed by atoms with Crippen LogP contribution in [0.25, 0.3) is 0 Å². The first-order chi connectivity index (χ1) is 22.1. The molecule has 7 rings (SSSR count). The third kappa shape index (κ3) is 5.63. The van der Waals surface area contributed by atoms with E-state index < -0.39 is 0 Å². The maximum Gasteiger partial charge on any atom is 0.317 e. The van der Waals surface area contributed by atoms with Gasteiger partial charge < -0.3 is 25.0 Å². The molecule has 0 radical (unpaired) electrons. The lowest BCUT2D eigenvalue weighted by Crippen LogP contribution is -2.57. The van der Waals surface area contributed by atoms with E-state index in [1.165, 1.54) is 64.2 Å². The van der Waals surface area contributed by atoms with Crippen LogP contribution < -0.4 is 10.6 Å². The van der Waals surface area contributed by atoms with Crippen LogP contribution in [-0.2, 0) is 14.3 Å². The van der Waals surface area contributed by atoms with Crippen molar-refractivity contribution in [2.75, 3.05) is 19.7 Å². The number of hydrogen-bond donors (Lipinski definition) is 2. The lowest BCUT2D eigenvalue weighted by Gasteiger charge is -2.61. The van der Waals surface area contributed by atoms with E-state index in [1.54, 1.807) is 0 Å². The average Bonchev–Trinajstić information content (AvgIpc) is 3.50. The third-order valence-corrected chi connectivity index (χ3v) is 15.5. The van der Waals surface area contributed by atoms with Crippen LogP contribution in [-0.4, -0.2) is 60.5 Å². The van der Waals surface area contributed by atoms with Gasteiger partial charge in [-0.3, -0.25) is 4.79 Å². The summed E-state index contributed by atoms with van der Waals surface area (Å²) in [4.78, 5) is 27.8. The van der Waals surface area contributed by atoms with Crippen molar-refractivity contribution < 1.29 is 19.1 Å². The van der Waals surface area contributed by atoms with Gasteiger partial charge in [0.25, 0.3) is 0 Å². The predicted molar refractivity (Wildman–Crippen MR) is 181 cm³/mol. The molecule has 0 unspecified atom stereocenters. The number of ether oxygens (including phenoxy) is 2. The minimum Gasteiger partial charge on any atom is -0.354 e. The monoisotopic (exact) mass is 639 g/mol. The zero-order valence-corrected chi connectivity index (χ0v) is 29.8. The van der Waals surface area contributed by atoms with E-state index in [0.29, 0.717) is 66.2 Å². The summed E-state index contributed by atoms with van der Waals surface area (Å²) < 4.78 is 13.6. The topological polar surface area (TPSA) is 79.9 Å². The Labute approximate surface area is 279 Å². The molecule has 5 aliphatic carbocycles. The Morgan fingerprint density at radius 2 is 1.65 bits per heavy atom. The van der Waals surface area contributed by atoms with E-state index in [0.717, 1.165) is 56.5 Å². The number of nitrogens with zero attached hydrogens (tertiary/aromatic N) is 1. The lowest BCUT2D eigenvalue weighted by atomic mass is 9.44. The number of hydrogen-bond acceptors (Lipinski definition) is 4. The number of carbonyl (C=O) groups excluding carboxylic acids is 2. The minimum absolute atomic E-state index is 0.0638. The number of rotatable bonds is 6. The van der Waals surface area contributed by atoms with Crippen molar-refractivity contribution in [1.29, 1.82) is 0 Å². The minimum atomic E-state index is -0.324. The number of carbonyl (C=O) groups is 2. The van der Waals surface area contributed by atoms with Gasteiger partial charge in [-0.15, -0.1) is 0 Å². The van der Waals surface area contributed by atoms with Gasteiger partial charge in [0.15, 0.2) is 5.79 Å². The zero-order valence-electron chi connectivity index (χ0n) is 29.8. The summed E-state index contributed by atoms with van der Waals surface area (Å²) in [6.45, 7) is 14.0. The molecule has 0 aromatic carbocycles. The van der Waals surface area contributed by atoms with Crippen LogP contribution >= 0.6 is 0 Å². The Balaban J connectivity index is 0.987. The Bertz CT molecular complexity index is 1120. The summed E-state index contributed by atoms with van der Waals surface area (Å²) in [5, 5.41) is 6.55. The summed E-state index contributed by atoms with van der Waals surface area (Å²) in [6.07, 6.45) is 19.1. The van der Waals surface area contributed by atoms with Crippen molar-refractivity contribution in [1.82, 2.24) is 15.5 Å². The van der Waals surface area contributed by atoms with Gasteiger partial charge in [-0.05, 0) is 117 Å². The second kappa shape index (κ2) is 12.8. The van der Waals surface area contributed by atoms with Crippen LogP contribution in [0.3, 0.4) is 0 Å². The molecule has 0 aromatic rings. The molecule has 5 saturated carbocycles. The van der Waals surface area contributed by atoms with E-state index >= 15 is 0 Å². The first-order valence-corrected chi connectivity index (χ1v) is 19.7. The molecule has 1 spiro atoms. The molecule has 0 bridgehead atoms. The highest BCUT2D eigenvalue weighted by molar-refractivity contribution is 5.76. The Hall–Kier alpha value is -1.34. The molecule has 7 fully saturated rings. The average molecular weight is 640 g/mol. The SMILES string of the molecule is CCC(=O)NCCN(C(=O)N[C@@H]1CC[C@@]2(C)[C@H](CC[C@@H]3[C@@H]2CC[C@]2(C)[C@@H]4[C@H](C[C@@H]32)O[C@]2(CC[C@H](C)CO2)[C@H]4C)C1)C1CCCCC1. The molecular formula is C39H65N3O4. The van der Waals surface area contributed by atoms with E-state index in [9.17, 15) is 9.59 Å². The van der Waals surface area contributed by atoms with Crippen LogP contribution in [0.1, 0.15) is 137 Å². The molecule has 2 saturated heterocycles. The summed E-state index contributed by atoms with van der Waals surface area (Å²) in [5.74, 6) is 4.59. The van der Waals surface area contributed by atoms with E-state index in [2.05, 4.69) is 43.2 Å². The van der Waals surface area contributed by atoms with E-state index in [1.807, 2.05) is 6.92 Å². The van der Waals surface area contributed by atoms with E-state index in [4.69, 9.17) is 9.47 Å². The second-order valence-corrected chi connectivity index (χ2v) is 17.8. The molecular weight excluding hydrogens is 574 g/mol. The van der Waals surface area contributed by atoms with Gasteiger partial charge in [-0.1, -0.05) is 53.9 Å². The fourth-order valence-electron chi connectivity index (χ4n) is 12.9. The molecule has 7 heteroatoms. The van der Waals surface area contributed by atoms with Crippen molar-refractivity contribution >= 4 is 11.9 Å². The fourth-order valence-corrected chi connectivity index (χ4v) is 12.9. The number of fused-ring (bicyclic) bond motifs is 7. The lowest BCUT2D eigenvalue weighted by molar-refractivity contribution is -0.273. The van der Waals surface area contributed by atoms with Crippen LogP contribution in [0.5, 0.6) is 0 Å². The van der Waals surface area contributed by atoms with Gasteiger partial charge >= 0.3 is 6.03 Å². The Morgan fingerprint density at radius 3 is 2.39 bits per heavy atom. The molecule has 0 aromatic heterocycles. The molecule has 2 N–H and O–H groups in total. The summed E-state index contributed by atoms with van der Waals surface area (Å²) in [5.41, 5.74) is 0.752. The van der Waals surface area contributed by atoms with Crippen LogP contribution in [0.4, 0.5) is 4.79 Å². The van der Waals surface area contributed by atoms with Gasteiger partial charge in [0, 0.05) is 43.9 Å². The highest BCUT2D eigenvalue weighted by atomic mass is 16.7. The number of urea groups is 1. The molecule has 2 heterocycles. The van der Waals surface area contributed by atoms with Gasteiger partial charge in [0.05, 0.1) is 12.7 Å². The summed E-state index contributed by atoms with van der Waals surface area (Å²) >= 11 is 0. The maximum absolute atomic E-state index is 13.8. The third-order valence-electron chi connectivity index (χ3n) is 15.5.